The summed E-state index contributed by atoms with van der Waals surface area (Å²) in [5.74, 6) is 0.00584. The van der Waals surface area contributed by atoms with E-state index in [4.69, 9.17) is 0 Å². The second-order valence-corrected chi connectivity index (χ2v) is 6.39. The van der Waals surface area contributed by atoms with Crippen LogP contribution in [0.4, 0.5) is 17.2 Å². The molecule has 0 spiro atoms. The average Bonchev–Trinajstić information content (AvgIpc) is 2.74. The van der Waals surface area contributed by atoms with Gasteiger partial charge in [0.25, 0.3) is 5.91 Å². The third-order valence-electron chi connectivity index (χ3n) is 4.32. The molecule has 1 amide bonds. The SMILES string of the molecule is CC(=O)c1cccc(NC(=O)c2cc(Nc3cccc4cccnc34)ncn2)c1. The minimum atomic E-state index is -0.396. The maximum Gasteiger partial charge on any atom is 0.274 e. The number of para-hydroxylation sites is 1. The first-order valence-electron chi connectivity index (χ1n) is 8.95. The summed E-state index contributed by atoms with van der Waals surface area (Å²) in [7, 11) is 0. The highest BCUT2D eigenvalue weighted by atomic mass is 16.2. The van der Waals surface area contributed by atoms with E-state index in [1.54, 1.807) is 36.5 Å². The summed E-state index contributed by atoms with van der Waals surface area (Å²) in [5.41, 5.74) is 2.83. The van der Waals surface area contributed by atoms with Crippen molar-refractivity contribution in [1.29, 1.82) is 0 Å². The number of fused-ring (bicyclic) bond motifs is 1. The summed E-state index contributed by atoms with van der Waals surface area (Å²) in [5, 5.41) is 6.94. The molecule has 2 aromatic carbocycles. The van der Waals surface area contributed by atoms with E-state index >= 15 is 0 Å². The van der Waals surface area contributed by atoms with E-state index in [1.165, 1.54) is 13.3 Å². The summed E-state index contributed by atoms with van der Waals surface area (Å²) in [6, 6.07) is 18.0. The van der Waals surface area contributed by atoms with Crippen LogP contribution in [0.5, 0.6) is 0 Å². The summed E-state index contributed by atoms with van der Waals surface area (Å²) in [4.78, 5) is 36.7. The van der Waals surface area contributed by atoms with E-state index in [-0.39, 0.29) is 11.5 Å². The van der Waals surface area contributed by atoms with Crippen LogP contribution in [0.25, 0.3) is 10.9 Å². The molecule has 0 aliphatic rings. The zero-order chi connectivity index (χ0) is 20.2. The maximum atomic E-state index is 12.6. The number of benzene rings is 2. The van der Waals surface area contributed by atoms with Crippen LogP contribution in [0.3, 0.4) is 0 Å². The van der Waals surface area contributed by atoms with E-state index in [1.807, 2.05) is 30.3 Å². The van der Waals surface area contributed by atoms with Gasteiger partial charge >= 0.3 is 0 Å². The Hall–Kier alpha value is -4.13. The van der Waals surface area contributed by atoms with E-state index < -0.39 is 5.91 Å². The van der Waals surface area contributed by atoms with Crippen molar-refractivity contribution in [3.63, 3.8) is 0 Å². The topological polar surface area (TPSA) is 96.9 Å². The number of aromatic nitrogens is 3. The molecule has 7 heteroatoms. The average molecular weight is 383 g/mol. The van der Waals surface area contributed by atoms with Gasteiger partial charge in [0.15, 0.2) is 5.78 Å². The number of ketones is 1. The monoisotopic (exact) mass is 383 g/mol. The van der Waals surface area contributed by atoms with Crippen molar-refractivity contribution in [3.05, 3.63) is 84.4 Å². The molecule has 0 fully saturated rings. The third kappa shape index (κ3) is 4.08. The quantitative estimate of drug-likeness (QED) is 0.501. The fourth-order valence-corrected chi connectivity index (χ4v) is 2.90. The van der Waals surface area contributed by atoms with Crippen LogP contribution < -0.4 is 10.6 Å². The molecule has 0 saturated carbocycles. The molecule has 0 atom stereocenters. The van der Waals surface area contributed by atoms with Crippen LogP contribution >= 0.6 is 0 Å². The number of nitrogens with one attached hydrogen (secondary N) is 2. The molecule has 0 radical (unpaired) electrons. The minimum absolute atomic E-state index is 0.0710. The van der Waals surface area contributed by atoms with Crippen LogP contribution in [0.1, 0.15) is 27.8 Å². The Morgan fingerprint density at radius 2 is 1.72 bits per heavy atom. The van der Waals surface area contributed by atoms with Gasteiger partial charge < -0.3 is 10.6 Å². The molecular weight excluding hydrogens is 366 g/mol. The first kappa shape index (κ1) is 18.2. The van der Waals surface area contributed by atoms with Gasteiger partial charge in [0, 0.05) is 28.9 Å². The van der Waals surface area contributed by atoms with Crippen molar-refractivity contribution in [2.24, 2.45) is 0 Å². The number of nitrogens with zero attached hydrogens (tertiary/aromatic N) is 3. The van der Waals surface area contributed by atoms with E-state index in [9.17, 15) is 9.59 Å². The second-order valence-electron chi connectivity index (χ2n) is 6.39. The van der Waals surface area contributed by atoms with Gasteiger partial charge in [-0.1, -0.05) is 30.3 Å². The van der Waals surface area contributed by atoms with Crippen molar-refractivity contribution in [2.75, 3.05) is 10.6 Å². The van der Waals surface area contributed by atoms with Gasteiger partial charge in [-0.15, -0.1) is 0 Å². The Bertz CT molecular complexity index is 1220. The maximum absolute atomic E-state index is 12.6. The lowest BCUT2D eigenvalue weighted by Crippen LogP contribution is -2.14. The van der Waals surface area contributed by atoms with Gasteiger partial charge in [0.05, 0.1) is 11.2 Å². The summed E-state index contributed by atoms with van der Waals surface area (Å²) >= 11 is 0. The number of carbonyl (C=O) groups excluding carboxylic acids is 2. The first-order chi connectivity index (χ1) is 14.1. The van der Waals surface area contributed by atoms with Gasteiger partial charge in [0.2, 0.25) is 0 Å². The summed E-state index contributed by atoms with van der Waals surface area (Å²) in [6.07, 6.45) is 3.04. The van der Waals surface area contributed by atoms with Gasteiger partial charge in [-0.2, -0.15) is 0 Å². The molecule has 4 aromatic rings. The Morgan fingerprint density at radius 1 is 0.897 bits per heavy atom. The molecule has 142 valence electrons. The highest BCUT2D eigenvalue weighted by Gasteiger charge is 2.11. The second kappa shape index (κ2) is 7.85. The molecule has 29 heavy (non-hydrogen) atoms. The van der Waals surface area contributed by atoms with Crippen LogP contribution in [0, 0.1) is 0 Å². The van der Waals surface area contributed by atoms with Crippen LogP contribution in [0.15, 0.2) is 73.2 Å². The third-order valence-corrected chi connectivity index (χ3v) is 4.32. The van der Waals surface area contributed by atoms with E-state index in [2.05, 4.69) is 25.6 Å². The number of Topliss-reactive ketones (excluding diaryl/α,β-unsaturated/α-hetero) is 1. The minimum Gasteiger partial charge on any atom is -0.338 e. The lowest BCUT2D eigenvalue weighted by molar-refractivity contribution is 0.100. The highest BCUT2D eigenvalue weighted by molar-refractivity contribution is 6.04. The summed E-state index contributed by atoms with van der Waals surface area (Å²) in [6.45, 7) is 1.48. The number of pyridine rings is 1. The fourth-order valence-electron chi connectivity index (χ4n) is 2.90. The normalized spacial score (nSPS) is 10.5. The number of hydrogen-bond acceptors (Lipinski definition) is 6. The Labute approximate surface area is 166 Å². The molecule has 7 nitrogen and oxygen atoms in total. The molecule has 4 rings (SSSR count). The number of carbonyl (C=O) groups is 2. The van der Waals surface area contributed by atoms with Crippen molar-refractivity contribution in [3.8, 4) is 0 Å². The lowest BCUT2D eigenvalue weighted by Gasteiger charge is -2.10. The lowest BCUT2D eigenvalue weighted by atomic mass is 10.1. The smallest absolute Gasteiger partial charge is 0.274 e. The fraction of sp³-hybridized carbons (Fsp3) is 0.0455. The molecule has 0 saturated heterocycles. The molecule has 0 aliphatic heterocycles. The van der Waals surface area contributed by atoms with E-state index in [0.29, 0.717) is 17.1 Å². The standard InChI is InChI=1S/C22H17N5O2/c1-14(28)16-6-2-8-17(11-16)26-22(29)19-12-20(25-13-24-19)27-18-9-3-5-15-7-4-10-23-21(15)18/h2-13H,1H3,(H,26,29)(H,24,25,27). The molecule has 0 unspecified atom stereocenters. The zero-order valence-electron chi connectivity index (χ0n) is 15.6. The molecule has 0 aliphatic carbocycles. The molecule has 0 bridgehead atoms. The van der Waals surface area contributed by atoms with Crippen LogP contribution in [-0.2, 0) is 0 Å². The number of anilines is 3. The van der Waals surface area contributed by atoms with Crippen molar-refractivity contribution in [1.82, 2.24) is 15.0 Å². The highest BCUT2D eigenvalue weighted by Crippen LogP contribution is 2.23. The Kier molecular flexibility index (Phi) is 4.94. The Morgan fingerprint density at radius 3 is 2.59 bits per heavy atom. The van der Waals surface area contributed by atoms with Gasteiger partial charge in [-0.25, -0.2) is 9.97 Å². The summed E-state index contributed by atoms with van der Waals surface area (Å²) < 4.78 is 0. The van der Waals surface area contributed by atoms with Crippen LogP contribution in [0.2, 0.25) is 0 Å². The van der Waals surface area contributed by atoms with E-state index in [0.717, 1.165) is 16.6 Å². The molecule has 2 N–H and O–H groups in total. The van der Waals surface area contributed by atoms with Crippen LogP contribution in [-0.4, -0.2) is 26.6 Å². The molecule has 2 heterocycles. The van der Waals surface area contributed by atoms with Gasteiger partial charge in [0.1, 0.15) is 17.8 Å². The largest absolute Gasteiger partial charge is 0.338 e. The predicted molar refractivity (Wildman–Crippen MR) is 111 cm³/mol. The number of hydrogen-bond donors (Lipinski definition) is 2. The van der Waals surface area contributed by atoms with Crippen molar-refractivity contribution in [2.45, 2.75) is 6.92 Å². The van der Waals surface area contributed by atoms with Crippen molar-refractivity contribution >= 4 is 39.8 Å². The predicted octanol–water partition coefficient (Wildman–Crippen LogP) is 4.22. The zero-order valence-corrected chi connectivity index (χ0v) is 15.6. The molecular formula is C22H17N5O2. The number of amides is 1. The Balaban J connectivity index is 1.56. The van der Waals surface area contributed by atoms with Crippen molar-refractivity contribution < 1.29 is 9.59 Å². The van der Waals surface area contributed by atoms with Gasteiger partial charge in [-0.05, 0) is 31.2 Å². The first-order valence-corrected chi connectivity index (χ1v) is 8.95. The molecule has 2 aromatic heterocycles. The van der Waals surface area contributed by atoms with Gasteiger partial charge in [-0.3, -0.25) is 14.6 Å². The number of rotatable bonds is 5.